The standard InChI is InChI=1S/C14H18ClN3O3.ClH/c1-9-3-2-4-17(13(9)8-16)14(19)10-5-11(15)7-12(6-10)18(20)21;/h5-7,9,13H,2-4,8,16H2,1H3;1H. The molecule has 1 saturated heterocycles. The molecule has 1 aromatic rings. The first-order valence-corrected chi connectivity index (χ1v) is 7.28. The van der Waals surface area contributed by atoms with Gasteiger partial charge in [0.05, 0.1) is 4.92 Å². The van der Waals surface area contributed by atoms with E-state index in [0.717, 1.165) is 12.8 Å². The fourth-order valence-electron chi connectivity index (χ4n) is 2.83. The Morgan fingerprint density at radius 2 is 2.18 bits per heavy atom. The van der Waals surface area contributed by atoms with E-state index in [4.69, 9.17) is 17.3 Å². The molecule has 1 fully saturated rings. The third kappa shape index (κ3) is 3.88. The van der Waals surface area contributed by atoms with E-state index >= 15 is 0 Å². The predicted octanol–water partition coefficient (Wildman–Crippen LogP) is 2.87. The highest BCUT2D eigenvalue weighted by Crippen LogP contribution is 2.27. The Bertz CT molecular complexity index is 568. The Morgan fingerprint density at radius 1 is 1.50 bits per heavy atom. The Balaban J connectivity index is 0.00000242. The van der Waals surface area contributed by atoms with Gasteiger partial charge in [0.2, 0.25) is 0 Å². The Labute approximate surface area is 140 Å². The van der Waals surface area contributed by atoms with Gasteiger partial charge in [0.1, 0.15) is 0 Å². The number of nitro groups is 1. The van der Waals surface area contributed by atoms with Crippen molar-refractivity contribution in [2.45, 2.75) is 25.8 Å². The molecular formula is C14H19Cl2N3O3. The summed E-state index contributed by atoms with van der Waals surface area (Å²) in [6.45, 7) is 3.07. The summed E-state index contributed by atoms with van der Waals surface area (Å²) in [4.78, 5) is 24.7. The van der Waals surface area contributed by atoms with E-state index in [1.807, 2.05) is 0 Å². The molecule has 0 aliphatic carbocycles. The van der Waals surface area contributed by atoms with Gasteiger partial charge in [0.15, 0.2) is 0 Å². The van der Waals surface area contributed by atoms with Crippen molar-refractivity contribution in [2.75, 3.05) is 13.1 Å². The number of carbonyl (C=O) groups is 1. The van der Waals surface area contributed by atoms with Crippen LogP contribution >= 0.6 is 24.0 Å². The maximum absolute atomic E-state index is 12.6. The molecule has 1 aromatic carbocycles. The lowest BCUT2D eigenvalue weighted by Crippen LogP contribution is -2.51. The lowest BCUT2D eigenvalue weighted by molar-refractivity contribution is -0.384. The monoisotopic (exact) mass is 347 g/mol. The van der Waals surface area contributed by atoms with Gasteiger partial charge in [-0.2, -0.15) is 0 Å². The molecule has 1 aliphatic rings. The maximum Gasteiger partial charge on any atom is 0.271 e. The minimum Gasteiger partial charge on any atom is -0.334 e. The smallest absolute Gasteiger partial charge is 0.271 e. The quantitative estimate of drug-likeness (QED) is 0.672. The topological polar surface area (TPSA) is 89.5 Å². The zero-order valence-electron chi connectivity index (χ0n) is 12.2. The number of benzene rings is 1. The number of non-ortho nitro benzene ring substituents is 1. The molecule has 0 bridgehead atoms. The SMILES string of the molecule is CC1CCCN(C(=O)c2cc(Cl)cc([N+](=O)[O-])c2)C1CN.Cl. The number of carbonyl (C=O) groups excluding carboxylic acids is 1. The maximum atomic E-state index is 12.6. The van der Waals surface area contributed by atoms with Crippen LogP contribution in [0.15, 0.2) is 18.2 Å². The first-order chi connectivity index (χ1) is 9.93. The largest absolute Gasteiger partial charge is 0.334 e. The lowest BCUT2D eigenvalue weighted by Gasteiger charge is -2.39. The number of hydrogen-bond donors (Lipinski definition) is 1. The van der Waals surface area contributed by atoms with Crippen LogP contribution in [-0.2, 0) is 0 Å². The number of hydrogen-bond acceptors (Lipinski definition) is 4. The minimum absolute atomic E-state index is 0. The van der Waals surface area contributed by atoms with E-state index in [-0.39, 0.29) is 40.6 Å². The van der Waals surface area contributed by atoms with Crippen LogP contribution in [0.25, 0.3) is 0 Å². The van der Waals surface area contributed by atoms with Gasteiger partial charge in [-0.05, 0) is 24.8 Å². The molecule has 122 valence electrons. The molecule has 0 radical (unpaired) electrons. The van der Waals surface area contributed by atoms with Crippen LogP contribution in [0.5, 0.6) is 0 Å². The molecule has 2 unspecified atom stereocenters. The molecule has 1 aliphatic heterocycles. The zero-order chi connectivity index (χ0) is 15.6. The Morgan fingerprint density at radius 3 is 2.77 bits per heavy atom. The second-order valence-electron chi connectivity index (χ2n) is 5.38. The van der Waals surface area contributed by atoms with Crippen LogP contribution in [0.2, 0.25) is 5.02 Å². The summed E-state index contributed by atoms with van der Waals surface area (Å²) in [7, 11) is 0. The fraction of sp³-hybridized carbons (Fsp3) is 0.500. The van der Waals surface area contributed by atoms with Crippen molar-refractivity contribution in [3.05, 3.63) is 38.9 Å². The second kappa shape index (κ2) is 7.76. The summed E-state index contributed by atoms with van der Waals surface area (Å²) >= 11 is 5.88. The number of nitrogens with zero attached hydrogens (tertiary/aromatic N) is 2. The number of nitro benzene ring substituents is 1. The highest BCUT2D eigenvalue weighted by Gasteiger charge is 2.31. The second-order valence-corrected chi connectivity index (χ2v) is 5.81. The van der Waals surface area contributed by atoms with Gasteiger partial charge in [0.25, 0.3) is 11.6 Å². The number of piperidine rings is 1. The zero-order valence-corrected chi connectivity index (χ0v) is 13.8. The fourth-order valence-corrected chi connectivity index (χ4v) is 3.06. The van der Waals surface area contributed by atoms with E-state index in [9.17, 15) is 14.9 Å². The van der Waals surface area contributed by atoms with Gasteiger partial charge >= 0.3 is 0 Å². The van der Waals surface area contributed by atoms with Crippen molar-refractivity contribution < 1.29 is 9.72 Å². The number of rotatable bonds is 3. The first-order valence-electron chi connectivity index (χ1n) is 6.90. The number of halogens is 2. The van der Waals surface area contributed by atoms with E-state index < -0.39 is 4.92 Å². The molecule has 22 heavy (non-hydrogen) atoms. The lowest BCUT2D eigenvalue weighted by atomic mass is 9.90. The van der Waals surface area contributed by atoms with E-state index in [1.165, 1.54) is 18.2 Å². The highest BCUT2D eigenvalue weighted by molar-refractivity contribution is 6.31. The molecular weight excluding hydrogens is 329 g/mol. The van der Waals surface area contributed by atoms with E-state index in [1.54, 1.807) is 4.90 Å². The Hall–Kier alpha value is -1.37. The third-order valence-corrected chi connectivity index (χ3v) is 4.18. The summed E-state index contributed by atoms with van der Waals surface area (Å²) in [5.74, 6) is 0.0736. The van der Waals surface area contributed by atoms with Crippen molar-refractivity contribution in [2.24, 2.45) is 11.7 Å². The van der Waals surface area contributed by atoms with Crippen LogP contribution in [-0.4, -0.2) is 34.9 Å². The summed E-state index contributed by atoms with van der Waals surface area (Å²) < 4.78 is 0. The van der Waals surface area contributed by atoms with Gasteiger partial charge in [-0.1, -0.05) is 18.5 Å². The first kappa shape index (κ1) is 18.7. The van der Waals surface area contributed by atoms with Crippen molar-refractivity contribution in [3.63, 3.8) is 0 Å². The van der Waals surface area contributed by atoms with Crippen molar-refractivity contribution in [3.8, 4) is 0 Å². The van der Waals surface area contributed by atoms with Gasteiger partial charge in [-0.3, -0.25) is 14.9 Å². The number of nitrogens with two attached hydrogens (primary N) is 1. The van der Waals surface area contributed by atoms with E-state index in [2.05, 4.69) is 6.92 Å². The molecule has 6 nitrogen and oxygen atoms in total. The summed E-state index contributed by atoms with van der Waals surface area (Å²) in [6.07, 6.45) is 1.94. The average molecular weight is 348 g/mol. The van der Waals surface area contributed by atoms with Gasteiger partial charge < -0.3 is 10.6 Å². The van der Waals surface area contributed by atoms with Crippen molar-refractivity contribution in [1.29, 1.82) is 0 Å². The van der Waals surface area contributed by atoms with Crippen molar-refractivity contribution >= 4 is 35.6 Å². The van der Waals surface area contributed by atoms with Crippen LogP contribution in [0.3, 0.4) is 0 Å². The summed E-state index contributed by atoms with van der Waals surface area (Å²) in [6, 6.07) is 3.92. The third-order valence-electron chi connectivity index (χ3n) is 3.96. The molecule has 1 amide bonds. The Kier molecular flexibility index (Phi) is 6.59. The summed E-state index contributed by atoms with van der Waals surface area (Å²) in [5, 5.41) is 11.1. The van der Waals surface area contributed by atoms with Gasteiger partial charge in [-0.15, -0.1) is 12.4 Å². The molecule has 2 N–H and O–H groups in total. The number of amides is 1. The molecule has 0 saturated carbocycles. The van der Waals surface area contributed by atoms with Gasteiger partial charge in [-0.25, -0.2) is 0 Å². The van der Waals surface area contributed by atoms with E-state index in [0.29, 0.717) is 19.0 Å². The van der Waals surface area contributed by atoms with Crippen LogP contribution in [0, 0.1) is 16.0 Å². The minimum atomic E-state index is -0.554. The molecule has 1 heterocycles. The molecule has 8 heteroatoms. The molecule has 2 atom stereocenters. The van der Waals surface area contributed by atoms with Crippen LogP contribution in [0.4, 0.5) is 5.69 Å². The summed E-state index contributed by atoms with van der Waals surface area (Å²) in [5.41, 5.74) is 5.84. The predicted molar refractivity (Wildman–Crippen MR) is 87.6 cm³/mol. The van der Waals surface area contributed by atoms with Gasteiger partial charge in [0, 0.05) is 41.9 Å². The average Bonchev–Trinajstić information content (AvgIpc) is 2.45. The van der Waals surface area contributed by atoms with Crippen LogP contribution < -0.4 is 5.73 Å². The highest BCUT2D eigenvalue weighted by atomic mass is 35.5. The van der Waals surface area contributed by atoms with Crippen LogP contribution in [0.1, 0.15) is 30.1 Å². The molecule has 0 spiro atoms. The normalized spacial score (nSPS) is 21.1. The molecule has 0 aromatic heterocycles. The number of likely N-dealkylation sites (tertiary alicyclic amines) is 1. The molecule has 2 rings (SSSR count). The van der Waals surface area contributed by atoms with Crippen molar-refractivity contribution in [1.82, 2.24) is 4.90 Å².